The smallest absolute Gasteiger partial charge is 0.304 e. The highest BCUT2D eigenvalue weighted by molar-refractivity contribution is 7.89. The quantitative estimate of drug-likeness (QED) is 0.776. The third-order valence-electron chi connectivity index (χ3n) is 4.78. The van der Waals surface area contributed by atoms with Crippen LogP contribution in [0.2, 0.25) is 0 Å². The van der Waals surface area contributed by atoms with E-state index in [-0.39, 0.29) is 17.9 Å². The highest BCUT2D eigenvalue weighted by Crippen LogP contribution is 2.27. The first-order valence-corrected chi connectivity index (χ1v) is 9.95. The van der Waals surface area contributed by atoms with Crippen LogP contribution in [0.3, 0.4) is 0 Å². The van der Waals surface area contributed by atoms with Crippen molar-refractivity contribution in [1.29, 1.82) is 0 Å². The van der Waals surface area contributed by atoms with Crippen molar-refractivity contribution < 1.29 is 18.3 Å². The van der Waals surface area contributed by atoms with Gasteiger partial charge in [-0.2, -0.15) is 0 Å². The average molecular weight is 375 g/mol. The van der Waals surface area contributed by atoms with Crippen molar-refractivity contribution in [3.05, 3.63) is 64.2 Å². The Kier molecular flexibility index (Phi) is 6.21. The minimum Gasteiger partial charge on any atom is -0.481 e. The molecule has 0 aromatic heterocycles. The number of hydrogen-bond acceptors (Lipinski definition) is 3. The van der Waals surface area contributed by atoms with Crippen LogP contribution in [0, 0.1) is 27.7 Å². The van der Waals surface area contributed by atoms with Gasteiger partial charge in [-0.15, -0.1) is 0 Å². The van der Waals surface area contributed by atoms with Crippen LogP contribution in [0.5, 0.6) is 0 Å². The summed E-state index contributed by atoms with van der Waals surface area (Å²) in [5, 5.41) is 9.18. The largest absolute Gasteiger partial charge is 0.481 e. The Morgan fingerprint density at radius 1 is 1.04 bits per heavy atom. The van der Waals surface area contributed by atoms with Gasteiger partial charge in [0.1, 0.15) is 0 Å². The first-order valence-electron chi connectivity index (χ1n) is 8.47. The number of carboxylic acids is 1. The van der Waals surface area contributed by atoms with Crippen LogP contribution in [-0.2, 0) is 14.8 Å². The fourth-order valence-electron chi connectivity index (χ4n) is 3.11. The van der Waals surface area contributed by atoms with Gasteiger partial charge in [0, 0.05) is 12.5 Å². The topological polar surface area (TPSA) is 83.5 Å². The van der Waals surface area contributed by atoms with Gasteiger partial charge in [-0.3, -0.25) is 4.79 Å². The highest BCUT2D eigenvalue weighted by atomic mass is 32.2. The maximum Gasteiger partial charge on any atom is 0.304 e. The van der Waals surface area contributed by atoms with E-state index in [0.717, 1.165) is 27.8 Å². The molecule has 0 saturated carbocycles. The van der Waals surface area contributed by atoms with Crippen LogP contribution in [-0.4, -0.2) is 26.0 Å². The molecule has 0 amide bonds. The number of rotatable bonds is 7. The molecule has 0 saturated heterocycles. The van der Waals surface area contributed by atoms with Gasteiger partial charge in [0.2, 0.25) is 10.0 Å². The molecule has 2 aromatic carbocycles. The Morgan fingerprint density at radius 2 is 1.58 bits per heavy atom. The molecule has 0 unspecified atom stereocenters. The molecule has 2 rings (SSSR count). The van der Waals surface area contributed by atoms with Crippen molar-refractivity contribution in [2.24, 2.45) is 0 Å². The van der Waals surface area contributed by atoms with E-state index in [1.807, 2.05) is 50.2 Å². The Hall–Kier alpha value is -2.18. The molecule has 0 fully saturated rings. The van der Waals surface area contributed by atoms with Crippen molar-refractivity contribution >= 4 is 16.0 Å². The maximum absolute atomic E-state index is 12.9. The zero-order valence-corrected chi connectivity index (χ0v) is 16.4. The van der Waals surface area contributed by atoms with Crippen LogP contribution < -0.4 is 4.72 Å². The number of carbonyl (C=O) groups is 1. The Bertz CT molecular complexity index is 879. The summed E-state index contributed by atoms with van der Waals surface area (Å²) in [4.78, 5) is 11.5. The number of hydrogen-bond donors (Lipinski definition) is 2. The van der Waals surface area contributed by atoms with Crippen molar-refractivity contribution in [1.82, 2.24) is 4.72 Å². The van der Waals surface area contributed by atoms with Crippen LogP contribution in [0.1, 0.15) is 40.2 Å². The van der Waals surface area contributed by atoms with Crippen LogP contribution in [0.15, 0.2) is 41.3 Å². The van der Waals surface area contributed by atoms with E-state index in [4.69, 9.17) is 0 Å². The fourth-order valence-corrected chi connectivity index (χ4v) is 4.80. The second-order valence-corrected chi connectivity index (χ2v) is 8.35. The molecular formula is C20H25NO4S. The molecule has 0 radical (unpaired) electrons. The predicted octanol–water partition coefficient (Wildman–Crippen LogP) is 3.46. The Morgan fingerprint density at radius 3 is 2.08 bits per heavy atom. The number of aryl methyl sites for hydroxylation is 2. The monoisotopic (exact) mass is 375 g/mol. The molecule has 2 aromatic rings. The molecule has 6 heteroatoms. The van der Waals surface area contributed by atoms with Crippen molar-refractivity contribution in [3.8, 4) is 0 Å². The van der Waals surface area contributed by atoms with Crippen LogP contribution >= 0.6 is 0 Å². The zero-order chi connectivity index (χ0) is 19.5. The van der Waals surface area contributed by atoms with Gasteiger partial charge in [-0.25, -0.2) is 13.1 Å². The molecule has 5 nitrogen and oxygen atoms in total. The average Bonchev–Trinajstić information content (AvgIpc) is 2.57. The summed E-state index contributed by atoms with van der Waals surface area (Å²) < 4.78 is 28.5. The standard InChI is InChI=1S/C20H25NO4S/c1-13-10-14(2)16(4)20(15(13)3)26(24,25)21-12-18(11-19(22)23)17-8-6-5-7-9-17/h5-10,18,21H,11-12H2,1-4H3,(H,22,23)/t18-/m0/s1. The van der Waals surface area contributed by atoms with Gasteiger partial charge in [-0.1, -0.05) is 36.4 Å². The summed E-state index contributed by atoms with van der Waals surface area (Å²) in [7, 11) is -3.75. The predicted molar refractivity (Wildman–Crippen MR) is 102 cm³/mol. The summed E-state index contributed by atoms with van der Waals surface area (Å²) in [5.74, 6) is -1.40. The van der Waals surface area contributed by atoms with E-state index in [0.29, 0.717) is 0 Å². The summed E-state index contributed by atoms with van der Waals surface area (Å²) in [5.41, 5.74) is 4.06. The Labute approximate surface area is 155 Å². The van der Waals surface area contributed by atoms with E-state index in [1.165, 1.54) is 0 Å². The minimum atomic E-state index is -3.75. The van der Waals surface area contributed by atoms with Gasteiger partial charge < -0.3 is 5.11 Å². The molecule has 140 valence electrons. The summed E-state index contributed by atoms with van der Waals surface area (Å²) in [6, 6.07) is 11.1. The summed E-state index contributed by atoms with van der Waals surface area (Å²) >= 11 is 0. The third-order valence-corrected chi connectivity index (χ3v) is 6.47. The number of nitrogens with one attached hydrogen (secondary N) is 1. The maximum atomic E-state index is 12.9. The van der Waals surface area contributed by atoms with E-state index in [9.17, 15) is 18.3 Å². The lowest BCUT2D eigenvalue weighted by atomic mass is 9.96. The first kappa shape index (κ1) is 20.1. The van der Waals surface area contributed by atoms with Crippen molar-refractivity contribution in [3.63, 3.8) is 0 Å². The second-order valence-electron chi connectivity index (χ2n) is 6.65. The van der Waals surface area contributed by atoms with E-state index in [1.54, 1.807) is 13.8 Å². The minimum absolute atomic E-state index is 0.0323. The van der Waals surface area contributed by atoms with E-state index in [2.05, 4.69) is 4.72 Å². The lowest BCUT2D eigenvalue weighted by Crippen LogP contribution is -2.31. The molecule has 0 heterocycles. The number of aliphatic carboxylic acids is 1. The number of carboxylic acid groups (broad SMARTS) is 1. The van der Waals surface area contributed by atoms with Gasteiger partial charge in [0.05, 0.1) is 11.3 Å². The van der Waals surface area contributed by atoms with Crippen molar-refractivity contribution in [2.45, 2.75) is 44.9 Å². The van der Waals surface area contributed by atoms with Crippen molar-refractivity contribution in [2.75, 3.05) is 6.54 Å². The third kappa shape index (κ3) is 4.51. The molecule has 0 aliphatic heterocycles. The lowest BCUT2D eigenvalue weighted by Gasteiger charge is -2.19. The molecule has 0 spiro atoms. The molecule has 26 heavy (non-hydrogen) atoms. The van der Waals surface area contributed by atoms with Gasteiger partial charge in [-0.05, 0) is 55.5 Å². The lowest BCUT2D eigenvalue weighted by molar-refractivity contribution is -0.137. The number of sulfonamides is 1. The van der Waals surface area contributed by atoms with Crippen LogP contribution in [0.4, 0.5) is 0 Å². The van der Waals surface area contributed by atoms with Crippen LogP contribution in [0.25, 0.3) is 0 Å². The second kappa shape index (κ2) is 8.01. The van der Waals surface area contributed by atoms with E-state index < -0.39 is 21.9 Å². The van der Waals surface area contributed by atoms with Gasteiger partial charge >= 0.3 is 5.97 Å². The molecule has 0 bridgehead atoms. The summed E-state index contributed by atoms with van der Waals surface area (Å²) in [6.45, 7) is 7.39. The molecule has 0 aliphatic rings. The van der Waals surface area contributed by atoms with Gasteiger partial charge in [0.15, 0.2) is 0 Å². The zero-order valence-electron chi connectivity index (χ0n) is 15.5. The SMILES string of the molecule is Cc1cc(C)c(C)c(S(=O)(=O)NC[C@H](CC(=O)O)c2ccccc2)c1C. The van der Waals surface area contributed by atoms with E-state index >= 15 is 0 Å². The van der Waals surface area contributed by atoms with Gasteiger partial charge in [0.25, 0.3) is 0 Å². The summed E-state index contributed by atoms with van der Waals surface area (Å²) in [6.07, 6.45) is -0.142. The fraction of sp³-hybridized carbons (Fsp3) is 0.350. The Balaban J connectivity index is 2.33. The highest BCUT2D eigenvalue weighted by Gasteiger charge is 2.24. The normalized spacial score (nSPS) is 12.8. The molecular weight excluding hydrogens is 350 g/mol. The molecule has 2 N–H and O–H groups in total. The number of benzene rings is 2. The molecule has 0 aliphatic carbocycles. The first-order chi connectivity index (χ1) is 12.1. The molecule has 1 atom stereocenters.